The van der Waals surface area contributed by atoms with E-state index in [-0.39, 0.29) is 49.4 Å². The molecule has 1 aromatic rings. The van der Waals surface area contributed by atoms with Crippen LogP contribution in [-0.2, 0) is 66.7 Å². The first kappa shape index (κ1) is 49.5. The van der Waals surface area contributed by atoms with Gasteiger partial charge in [-0.2, -0.15) is 0 Å². The summed E-state index contributed by atoms with van der Waals surface area (Å²) in [7, 11) is -4.68. The number of benzene rings is 1. The molecule has 0 spiro atoms. The number of ether oxygens (including phenoxy) is 12. The van der Waals surface area contributed by atoms with Gasteiger partial charge in [-0.3, -0.25) is 4.18 Å². The van der Waals surface area contributed by atoms with Gasteiger partial charge in [0.15, 0.2) is 0 Å². The van der Waals surface area contributed by atoms with Crippen LogP contribution in [0.1, 0.15) is 11.1 Å². The molecule has 16 nitrogen and oxygen atoms in total. The predicted molar refractivity (Wildman–Crippen MR) is 176 cm³/mol. The molecule has 18 heteroatoms. The van der Waals surface area contributed by atoms with E-state index in [0.717, 1.165) is 11.3 Å². The van der Waals surface area contributed by atoms with E-state index in [2.05, 4.69) is 17.2 Å². The average Bonchev–Trinajstić information content (AvgIpc) is 3.06. The SMILES string of the molecule is Cc1ccc(OCCOCCOCCOCCOCCOCCOCCOCCOCCOCCOCCOCCOS(=O)(=O)[O-])c(C)c1.[Na+]. The third-order valence-corrected chi connectivity index (χ3v) is 6.45. The van der Waals surface area contributed by atoms with Crippen molar-refractivity contribution in [2.45, 2.75) is 13.8 Å². The molecule has 1 aromatic carbocycles. The van der Waals surface area contributed by atoms with Crippen molar-refractivity contribution in [2.24, 2.45) is 0 Å². The zero-order valence-electron chi connectivity index (χ0n) is 30.1. The van der Waals surface area contributed by atoms with Crippen molar-refractivity contribution in [1.82, 2.24) is 0 Å². The van der Waals surface area contributed by atoms with E-state index >= 15 is 0 Å². The van der Waals surface area contributed by atoms with Gasteiger partial charge in [-0.25, -0.2) is 8.42 Å². The molecule has 0 radical (unpaired) electrons. The molecule has 0 bridgehead atoms. The maximum Gasteiger partial charge on any atom is 1.00 e. The van der Waals surface area contributed by atoms with Crippen LogP contribution in [0.3, 0.4) is 0 Å². The zero-order chi connectivity index (χ0) is 35.5. The second-order valence-corrected chi connectivity index (χ2v) is 11.1. The van der Waals surface area contributed by atoms with Crippen LogP contribution < -0.4 is 34.3 Å². The third kappa shape index (κ3) is 35.8. The number of hydrogen-bond acceptors (Lipinski definition) is 16. The van der Waals surface area contributed by atoms with Gasteiger partial charge in [-0.15, -0.1) is 0 Å². The van der Waals surface area contributed by atoms with E-state index in [1.165, 1.54) is 5.56 Å². The van der Waals surface area contributed by atoms with Gasteiger partial charge in [-0.05, 0) is 25.5 Å². The molecular weight excluding hydrogens is 695 g/mol. The smallest absolute Gasteiger partial charge is 0.726 e. The van der Waals surface area contributed by atoms with E-state index in [0.29, 0.717) is 139 Å². The zero-order valence-corrected chi connectivity index (χ0v) is 33.0. The molecule has 0 N–H and O–H groups in total. The summed E-state index contributed by atoms with van der Waals surface area (Å²) in [6.07, 6.45) is 0. The van der Waals surface area contributed by atoms with Crippen LogP contribution in [0.25, 0.3) is 0 Å². The molecule has 288 valence electrons. The molecule has 50 heavy (non-hydrogen) atoms. The molecule has 0 aromatic heterocycles. The summed E-state index contributed by atoms with van der Waals surface area (Å²) in [4.78, 5) is 0. The first-order chi connectivity index (χ1) is 23.9. The molecule has 0 aliphatic heterocycles. The normalized spacial score (nSPS) is 11.6. The Balaban J connectivity index is 0.0000240. The fraction of sp³-hybridized carbons (Fsp3) is 0.812. The Morgan fingerprint density at radius 2 is 0.700 bits per heavy atom. The molecule has 0 saturated carbocycles. The van der Waals surface area contributed by atoms with Crippen LogP contribution in [-0.4, -0.2) is 172 Å². The van der Waals surface area contributed by atoms with Crippen LogP contribution in [0.5, 0.6) is 5.75 Å². The van der Waals surface area contributed by atoms with E-state index in [1.807, 2.05) is 19.1 Å². The van der Waals surface area contributed by atoms with Gasteiger partial charge in [0.1, 0.15) is 12.4 Å². The standard InChI is InChI=1S/C32H58O16S.Na/c1-30-3-4-32(31(2)29-30)47-27-25-45-23-21-43-19-17-41-15-13-39-11-9-37-7-5-36-6-8-38-10-12-40-14-16-42-18-20-44-22-24-46-26-28-48-49(33,34)35;/h3-4,29H,5-28H2,1-2H3,(H,33,34,35);/q;+1/p-1. The van der Waals surface area contributed by atoms with Crippen LogP contribution in [0.2, 0.25) is 0 Å². The topological polar surface area (TPSA) is 177 Å². The molecule has 0 aliphatic carbocycles. The van der Waals surface area contributed by atoms with Gasteiger partial charge in [-0.1, -0.05) is 17.7 Å². The molecule has 0 unspecified atom stereocenters. The summed E-state index contributed by atoms with van der Waals surface area (Å²) in [5.74, 6) is 0.889. The summed E-state index contributed by atoms with van der Waals surface area (Å²) < 4.78 is 99.9. The molecule has 0 heterocycles. The maximum absolute atomic E-state index is 10.2. The minimum Gasteiger partial charge on any atom is -0.726 e. The molecule has 0 aliphatic rings. The monoisotopic (exact) mass is 752 g/mol. The van der Waals surface area contributed by atoms with Crippen molar-refractivity contribution < 1.29 is 104 Å². The molecule has 0 atom stereocenters. The van der Waals surface area contributed by atoms with Crippen LogP contribution >= 0.6 is 0 Å². The molecule has 0 amide bonds. The van der Waals surface area contributed by atoms with Crippen molar-refractivity contribution in [3.05, 3.63) is 29.3 Å². The maximum atomic E-state index is 10.2. The Labute approximate surface area is 320 Å². The minimum atomic E-state index is -4.68. The molecule has 1 rings (SSSR count). The van der Waals surface area contributed by atoms with Crippen LogP contribution in [0.4, 0.5) is 0 Å². The average molecular weight is 753 g/mol. The summed E-state index contributed by atoms with van der Waals surface area (Å²) in [5.41, 5.74) is 2.34. The Kier molecular flexibility index (Phi) is 36.4. The Morgan fingerprint density at radius 1 is 0.440 bits per heavy atom. The predicted octanol–water partition coefficient (Wildman–Crippen LogP) is -1.65. The van der Waals surface area contributed by atoms with Crippen molar-refractivity contribution in [2.75, 3.05) is 159 Å². The summed E-state index contributed by atoms with van der Waals surface area (Å²) in [6, 6.07) is 6.12. The number of hydrogen-bond donors (Lipinski definition) is 0. The second kappa shape index (κ2) is 36.8. The van der Waals surface area contributed by atoms with Crippen LogP contribution in [0.15, 0.2) is 18.2 Å². The Morgan fingerprint density at radius 3 is 0.960 bits per heavy atom. The van der Waals surface area contributed by atoms with Gasteiger partial charge in [0.05, 0.1) is 152 Å². The van der Waals surface area contributed by atoms with E-state index in [4.69, 9.17) is 56.8 Å². The first-order valence-corrected chi connectivity index (χ1v) is 17.9. The third-order valence-electron chi connectivity index (χ3n) is 5.99. The van der Waals surface area contributed by atoms with Crippen molar-refractivity contribution >= 4 is 10.4 Å². The first-order valence-electron chi connectivity index (χ1n) is 16.5. The second-order valence-electron chi connectivity index (χ2n) is 10.1. The van der Waals surface area contributed by atoms with Crippen molar-refractivity contribution in [1.29, 1.82) is 0 Å². The van der Waals surface area contributed by atoms with Crippen molar-refractivity contribution in [3.8, 4) is 5.75 Å². The summed E-state index contributed by atoms with van der Waals surface area (Å²) >= 11 is 0. The minimum absolute atomic E-state index is 0. The van der Waals surface area contributed by atoms with E-state index < -0.39 is 10.4 Å². The Hall–Kier alpha value is -0.550. The molecular formula is C32H57NaO16S. The fourth-order valence-electron chi connectivity index (χ4n) is 3.67. The van der Waals surface area contributed by atoms with Gasteiger partial charge < -0.3 is 61.4 Å². The van der Waals surface area contributed by atoms with Gasteiger partial charge in [0, 0.05) is 0 Å². The summed E-state index contributed by atoms with van der Waals surface area (Å²) in [5, 5.41) is 0. The molecule has 0 fully saturated rings. The van der Waals surface area contributed by atoms with Gasteiger partial charge >= 0.3 is 29.6 Å². The summed E-state index contributed by atoms with van der Waals surface area (Å²) in [6.45, 7) is 13.8. The number of aryl methyl sites for hydroxylation is 2. The van der Waals surface area contributed by atoms with Gasteiger partial charge in [0.2, 0.25) is 10.4 Å². The molecule has 0 saturated heterocycles. The van der Waals surface area contributed by atoms with Gasteiger partial charge in [0.25, 0.3) is 0 Å². The van der Waals surface area contributed by atoms with Crippen molar-refractivity contribution in [3.63, 3.8) is 0 Å². The van der Waals surface area contributed by atoms with E-state index in [1.54, 1.807) is 0 Å². The fourth-order valence-corrected chi connectivity index (χ4v) is 3.94. The number of rotatable bonds is 38. The Bertz CT molecular complexity index is 976. The van der Waals surface area contributed by atoms with E-state index in [9.17, 15) is 13.0 Å². The van der Waals surface area contributed by atoms with Crippen LogP contribution in [0, 0.1) is 13.8 Å². The quantitative estimate of drug-likeness (QED) is 0.0325. The largest absolute Gasteiger partial charge is 1.00 e.